The summed E-state index contributed by atoms with van der Waals surface area (Å²) in [5.41, 5.74) is 0.748. The van der Waals surface area contributed by atoms with Gasteiger partial charge in [-0.25, -0.2) is 0 Å². The van der Waals surface area contributed by atoms with Crippen LogP contribution in [0.4, 0.5) is 0 Å². The molecule has 1 N–H and O–H groups in total. The molecule has 0 spiro atoms. The summed E-state index contributed by atoms with van der Waals surface area (Å²) in [7, 11) is 0. The number of aromatic nitrogens is 1. The van der Waals surface area contributed by atoms with Crippen LogP contribution >= 0.6 is 0 Å². The molecule has 1 aliphatic rings. The molecule has 5 nitrogen and oxygen atoms in total. The lowest BCUT2D eigenvalue weighted by Gasteiger charge is -1.92. The Balaban J connectivity index is 1.81. The van der Waals surface area contributed by atoms with Gasteiger partial charge in [0.1, 0.15) is 13.2 Å². The SMILES string of the molecule is OCCc1cc(COC2CO2)on1. The number of rotatable bonds is 5. The first-order chi connectivity index (χ1) is 6.38. The molecule has 0 bridgehead atoms. The Morgan fingerprint density at radius 1 is 1.69 bits per heavy atom. The van der Waals surface area contributed by atoms with E-state index in [2.05, 4.69) is 5.16 Å². The van der Waals surface area contributed by atoms with Crippen molar-refractivity contribution >= 4 is 0 Å². The summed E-state index contributed by atoms with van der Waals surface area (Å²) in [5.74, 6) is 0.666. The predicted molar refractivity (Wildman–Crippen MR) is 41.8 cm³/mol. The van der Waals surface area contributed by atoms with Crippen LogP contribution in [0.15, 0.2) is 10.6 Å². The summed E-state index contributed by atoms with van der Waals surface area (Å²) < 4.78 is 15.0. The quantitative estimate of drug-likeness (QED) is 0.658. The van der Waals surface area contributed by atoms with Crippen molar-refractivity contribution in [2.24, 2.45) is 0 Å². The van der Waals surface area contributed by atoms with Crippen molar-refractivity contribution in [3.63, 3.8) is 0 Å². The van der Waals surface area contributed by atoms with Gasteiger partial charge in [-0.2, -0.15) is 0 Å². The number of hydrogen-bond acceptors (Lipinski definition) is 5. The van der Waals surface area contributed by atoms with Crippen LogP contribution in [0.2, 0.25) is 0 Å². The van der Waals surface area contributed by atoms with Crippen LogP contribution in [-0.4, -0.2) is 29.8 Å². The second kappa shape index (κ2) is 3.87. The molecule has 0 amide bonds. The third-order valence-corrected chi connectivity index (χ3v) is 1.69. The van der Waals surface area contributed by atoms with Crippen molar-refractivity contribution in [3.05, 3.63) is 17.5 Å². The minimum atomic E-state index is -0.0635. The van der Waals surface area contributed by atoms with Crippen molar-refractivity contribution in [1.82, 2.24) is 5.16 Å². The fraction of sp³-hybridized carbons (Fsp3) is 0.625. The lowest BCUT2D eigenvalue weighted by Crippen LogP contribution is -1.94. The second-order valence-corrected chi connectivity index (χ2v) is 2.83. The lowest BCUT2D eigenvalue weighted by atomic mass is 10.3. The summed E-state index contributed by atoms with van der Waals surface area (Å²) in [6.45, 7) is 1.12. The van der Waals surface area contributed by atoms with Gasteiger partial charge in [-0.15, -0.1) is 0 Å². The van der Waals surface area contributed by atoms with Crippen molar-refractivity contribution in [3.8, 4) is 0 Å². The molecular formula is C8H11NO4. The van der Waals surface area contributed by atoms with Crippen molar-refractivity contribution in [1.29, 1.82) is 0 Å². The molecule has 1 atom stereocenters. The molecule has 0 aliphatic carbocycles. The highest BCUT2D eigenvalue weighted by molar-refractivity contribution is 5.04. The van der Waals surface area contributed by atoms with Crippen LogP contribution in [0.3, 0.4) is 0 Å². The molecule has 0 radical (unpaired) electrons. The molecule has 1 saturated heterocycles. The highest BCUT2D eigenvalue weighted by Crippen LogP contribution is 2.14. The zero-order valence-electron chi connectivity index (χ0n) is 7.10. The molecule has 1 aromatic heterocycles. The van der Waals surface area contributed by atoms with Gasteiger partial charge in [0.15, 0.2) is 12.1 Å². The zero-order valence-corrected chi connectivity index (χ0v) is 7.10. The summed E-state index contributed by atoms with van der Waals surface area (Å²) in [4.78, 5) is 0. The molecule has 2 rings (SSSR count). The van der Waals surface area contributed by atoms with Crippen molar-refractivity contribution in [2.75, 3.05) is 13.2 Å². The van der Waals surface area contributed by atoms with E-state index in [0.717, 1.165) is 5.69 Å². The van der Waals surface area contributed by atoms with E-state index in [0.29, 0.717) is 25.4 Å². The van der Waals surface area contributed by atoms with E-state index in [1.807, 2.05) is 0 Å². The summed E-state index contributed by atoms with van der Waals surface area (Å²) in [5, 5.41) is 12.4. The van der Waals surface area contributed by atoms with E-state index in [-0.39, 0.29) is 12.9 Å². The molecule has 0 saturated carbocycles. The molecule has 1 aliphatic heterocycles. The van der Waals surface area contributed by atoms with Gasteiger partial charge in [-0.3, -0.25) is 0 Å². The Labute approximate surface area is 75.2 Å². The molecule has 0 aromatic carbocycles. The minimum absolute atomic E-state index is 0.0635. The second-order valence-electron chi connectivity index (χ2n) is 2.83. The Kier molecular flexibility index (Phi) is 2.58. The van der Waals surface area contributed by atoms with Gasteiger partial charge in [0, 0.05) is 19.1 Å². The first kappa shape index (κ1) is 8.68. The summed E-state index contributed by atoms with van der Waals surface area (Å²) in [6, 6.07) is 1.78. The Morgan fingerprint density at radius 3 is 3.23 bits per heavy atom. The van der Waals surface area contributed by atoms with Gasteiger partial charge in [-0.1, -0.05) is 5.16 Å². The van der Waals surface area contributed by atoms with Gasteiger partial charge in [0.25, 0.3) is 0 Å². The molecule has 2 heterocycles. The van der Waals surface area contributed by atoms with E-state index < -0.39 is 0 Å². The number of aliphatic hydroxyl groups excluding tert-OH is 1. The molecule has 72 valence electrons. The van der Waals surface area contributed by atoms with Crippen LogP contribution in [0.25, 0.3) is 0 Å². The van der Waals surface area contributed by atoms with Gasteiger partial charge in [0.05, 0.1) is 5.69 Å². The van der Waals surface area contributed by atoms with Crippen molar-refractivity contribution < 1.29 is 19.1 Å². The Morgan fingerprint density at radius 2 is 2.54 bits per heavy atom. The van der Waals surface area contributed by atoms with Crippen LogP contribution in [0, 0.1) is 0 Å². The average Bonchev–Trinajstić information content (AvgIpc) is 2.85. The number of ether oxygens (including phenoxy) is 2. The smallest absolute Gasteiger partial charge is 0.181 e. The first-order valence-electron chi connectivity index (χ1n) is 4.17. The fourth-order valence-electron chi connectivity index (χ4n) is 0.967. The fourth-order valence-corrected chi connectivity index (χ4v) is 0.967. The molecule has 1 fully saturated rings. The van der Waals surface area contributed by atoms with E-state index in [1.54, 1.807) is 6.07 Å². The van der Waals surface area contributed by atoms with Gasteiger partial charge in [-0.05, 0) is 0 Å². The Hall–Kier alpha value is -0.910. The highest BCUT2D eigenvalue weighted by Gasteiger charge is 2.23. The molecule has 5 heteroatoms. The molecule has 1 aromatic rings. The van der Waals surface area contributed by atoms with E-state index in [1.165, 1.54) is 0 Å². The predicted octanol–water partition coefficient (Wildman–Crippen LogP) is 0.0823. The maximum atomic E-state index is 8.62. The normalized spacial score (nSPS) is 20.5. The van der Waals surface area contributed by atoms with Gasteiger partial charge in [0.2, 0.25) is 0 Å². The maximum absolute atomic E-state index is 8.62. The molecule has 1 unspecified atom stereocenters. The summed E-state index contributed by atoms with van der Waals surface area (Å²) in [6.07, 6.45) is 0.454. The van der Waals surface area contributed by atoms with E-state index >= 15 is 0 Å². The van der Waals surface area contributed by atoms with E-state index in [4.69, 9.17) is 19.1 Å². The van der Waals surface area contributed by atoms with Crippen molar-refractivity contribution in [2.45, 2.75) is 19.3 Å². The Bertz CT molecular complexity index is 269. The van der Waals surface area contributed by atoms with Crippen LogP contribution in [0.5, 0.6) is 0 Å². The minimum Gasteiger partial charge on any atom is -0.396 e. The maximum Gasteiger partial charge on any atom is 0.181 e. The summed E-state index contributed by atoms with van der Waals surface area (Å²) >= 11 is 0. The zero-order chi connectivity index (χ0) is 9.10. The average molecular weight is 185 g/mol. The van der Waals surface area contributed by atoms with E-state index in [9.17, 15) is 0 Å². The van der Waals surface area contributed by atoms with Crippen LogP contribution in [0.1, 0.15) is 11.5 Å². The van der Waals surface area contributed by atoms with Crippen LogP contribution < -0.4 is 0 Å². The monoisotopic (exact) mass is 185 g/mol. The van der Waals surface area contributed by atoms with Gasteiger partial charge < -0.3 is 19.1 Å². The third kappa shape index (κ3) is 2.51. The van der Waals surface area contributed by atoms with Gasteiger partial charge >= 0.3 is 0 Å². The number of epoxide rings is 1. The topological polar surface area (TPSA) is 68.0 Å². The first-order valence-corrected chi connectivity index (χ1v) is 4.17. The molecular weight excluding hydrogens is 174 g/mol. The highest BCUT2D eigenvalue weighted by atomic mass is 16.8. The lowest BCUT2D eigenvalue weighted by molar-refractivity contribution is 0.0271. The molecule has 13 heavy (non-hydrogen) atoms. The largest absolute Gasteiger partial charge is 0.396 e. The number of hydrogen-bond donors (Lipinski definition) is 1. The standard InChI is InChI=1S/C8H11NO4/c10-2-1-6-3-7(13-9-6)4-11-8-5-12-8/h3,8,10H,1-2,4-5H2. The van der Waals surface area contributed by atoms with Crippen LogP contribution in [-0.2, 0) is 22.5 Å². The number of aliphatic hydroxyl groups is 1. The third-order valence-electron chi connectivity index (χ3n) is 1.69. The number of nitrogens with zero attached hydrogens (tertiary/aromatic N) is 1.